The lowest BCUT2D eigenvalue weighted by molar-refractivity contribution is 0.297. The second kappa shape index (κ2) is 4.97. The summed E-state index contributed by atoms with van der Waals surface area (Å²) in [4.78, 5) is 4.41. The molecule has 1 aliphatic rings. The second-order valence-electron chi connectivity index (χ2n) is 5.99. The molecule has 1 heterocycles. The van der Waals surface area contributed by atoms with Crippen LogP contribution in [0.4, 0.5) is 0 Å². The summed E-state index contributed by atoms with van der Waals surface area (Å²) in [5, 5.41) is 4.32. The summed E-state index contributed by atoms with van der Waals surface area (Å²) in [6.07, 6.45) is 5.26. The van der Waals surface area contributed by atoms with Crippen molar-refractivity contribution in [2.45, 2.75) is 46.6 Å². The number of nitrogens with zero attached hydrogens (tertiary/aromatic N) is 3. The molecule has 0 amide bonds. The van der Waals surface area contributed by atoms with Crippen molar-refractivity contribution in [3.05, 3.63) is 12.2 Å². The van der Waals surface area contributed by atoms with Crippen LogP contribution in [0.5, 0.6) is 0 Å². The van der Waals surface area contributed by atoms with Gasteiger partial charge in [0.2, 0.25) is 0 Å². The van der Waals surface area contributed by atoms with Crippen LogP contribution in [0.2, 0.25) is 0 Å². The lowest BCUT2D eigenvalue weighted by Gasteiger charge is -2.26. The Kier molecular flexibility index (Phi) is 3.76. The molecule has 0 bridgehead atoms. The van der Waals surface area contributed by atoms with Gasteiger partial charge in [-0.15, -0.1) is 11.6 Å². The normalized spacial score (nSPS) is 19.6. The average molecular weight is 256 g/mol. The summed E-state index contributed by atoms with van der Waals surface area (Å²) in [7, 11) is 0. The molecule has 1 aliphatic carbocycles. The van der Waals surface area contributed by atoms with Gasteiger partial charge in [0.25, 0.3) is 0 Å². The van der Waals surface area contributed by atoms with Gasteiger partial charge in [-0.2, -0.15) is 5.10 Å². The van der Waals surface area contributed by atoms with Gasteiger partial charge in [0.15, 0.2) is 0 Å². The molecule has 1 saturated carbocycles. The first-order chi connectivity index (χ1) is 8.05. The molecule has 1 atom stereocenters. The van der Waals surface area contributed by atoms with E-state index in [0.717, 1.165) is 24.7 Å². The van der Waals surface area contributed by atoms with Crippen LogP contribution in [0, 0.1) is 17.3 Å². The van der Waals surface area contributed by atoms with Gasteiger partial charge in [0.05, 0.1) is 0 Å². The van der Waals surface area contributed by atoms with Crippen LogP contribution in [-0.4, -0.2) is 20.6 Å². The first kappa shape index (κ1) is 12.9. The van der Waals surface area contributed by atoms with E-state index in [1.54, 1.807) is 6.33 Å². The summed E-state index contributed by atoms with van der Waals surface area (Å²) in [5.74, 6) is 3.18. The third-order valence-electron chi connectivity index (χ3n) is 3.66. The Bertz CT molecular complexity index is 370. The first-order valence-electron chi connectivity index (χ1n) is 6.48. The van der Waals surface area contributed by atoms with Gasteiger partial charge < -0.3 is 0 Å². The molecule has 1 aromatic heterocycles. The Balaban J connectivity index is 2.09. The minimum Gasteiger partial charge on any atom is -0.250 e. The van der Waals surface area contributed by atoms with Crippen LogP contribution in [0.1, 0.15) is 39.4 Å². The van der Waals surface area contributed by atoms with Gasteiger partial charge in [-0.1, -0.05) is 20.8 Å². The molecule has 2 rings (SSSR count). The van der Waals surface area contributed by atoms with Gasteiger partial charge in [0.1, 0.15) is 12.2 Å². The molecule has 17 heavy (non-hydrogen) atoms. The Hall–Kier alpha value is -0.570. The molecule has 0 aliphatic heterocycles. The quantitative estimate of drug-likeness (QED) is 0.732. The number of hydrogen-bond acceptors (Lipinski definition) is 2. The van der Waals surface area contributed by atoms with E-state index in [1.165, 1.54) is 12.8 Å². The monoisotopic (exact) mass is 255 g/mol. The minimum atomic E-state index is 0.198. The van der Waals surface area contributed by atoms with E-state index in [1.807, 2.05) is 4.68 Å². The highest BCUT2D eigenvalue weighted by molar-refractivity contribution is 6.18. The predicted octanol–water partition coefficient (Wildman–Crippen LogP) is 3.13. The van der Waals surface area contributed by atoms with Crippen LogP contribution in [0.25, 0.3) is 0 Å². The van der Waals surface area contributed by atoms with Crippen molar-refractivity contribution >= 4 is 11.6 Å². The lowest BCUT2D eigenvalue weighted by Crippen LogP contribution is -2.27. The van der Waals surface area contributed by atoms with E-state index in [-0.39, 0.29) is 5.41 Å². The zero-order chi connectivity index (χ0) is 12.5. The maximum atomic E-state index is 6.16. The molecule has 3 nitrogen and oxygen atoms in total. The zero-order valence-corrected chi connectivity index (χ0v) is 11.7. The van der Waals surface area contributed by atoms with Crippen molar-refractivity contribution in [2.75, 3.05) is 5.88 Å². The van der Waals surface area contributed by atoms with Crippen molar-refractivity contribution in [1.29, 1.82) is 0 Å². The second-order valence-corrected chi connectivity index (χ2v) is 6.26. The summed E-state index contributed by atoms with van der Waals surface area (Å²) in [5.41, 5.74) is 0.198. The predicted molar refractivity (Wildman–Crippen MR) is 70.1 cm³/mol. The van der Waals surface area contributed by atoms with Crippen molar-refractivity contribution < 1.29 is 0 Å². The summed E-state index contributed by atoms with van der Waals surface area (Å²) in [6.45, 7) is 7.63. The van der Waals surface area contributed by atoms with E-state index in [9.17, 15) is 0 Å². The highest BCUT2D eigenvalue weighted by Gasteiger charge is 2.41. The van der Waals surface area contributed by atoms with Crippen LogP contribution in [0.15, 0.2) is 6.33 Å². The molecule has 0 N–H and O–H groups in total. The third kappa shape index (κ3) is 3.01. The summed E-state index contributed by atoms with van der Waals surface area (Å²) >= 11 is 6.16. The number of halogens is 1. The van der Waals surface area contributed by atoms with Crippen LogP contribution in [-0.2, 0) is 13.0 Å². The van der Waals surface area contributed by atoms with Crippen molar-refractivity contribution in [1.82, 2.24) is 14.8 Å². The van der Waals surface area contributed by atoms with E-state index in [0.29, 0.717) is 11.8 Å². The largest absolute Gasteiger partial charge is 0.250 e. The molecule has 1 aromatic rings. The van der Waals surface area contributed by atoms with Gasteiger partial charge in [0, 0.05) is 18.8 Å². The van der Waals surface area contributed by atoms with Crippen LogP contribution in [0.3, 0.4) is 0 Å². The Labute approximate surface area is 109 Å². The fourth-order valence-corrected chi connectivity index (χ4v) is 2.68. The highest BCUT2D eigenvalue weighted by atomic mass is 35.5. The minimum absolute atomic E-state index is 0.198. The molecular formula is C13H22ClN3. The standard InChI is InChI=1S/C13H22ClN3/c1-10(2)7-17-12(15-9-16-17)6-13(3,8-14)11-4-5-11/h9-11H,4-8H2,1-3H3. The number of alkyl halides is 1. The molecule has 1 unspecified atom stereocenters. The molecule has 96 valence electrons. The van der Waals surface area contributed by atoms with E-state index >= 15 is 0 Å². The summed E-state index contributed by atoms with van der Waals surface area (Å²) in [6, 6.07) is 0. The van der Waals surface area contributed by atoms with Gasteiger partial charge in [-0.25, -0.2) is 9.67 Å². The Morgan fingerprint density at radius 3 is 2.76 bits per heavy atom. The Morgan fingerprint density at radius 1 is 1.53 bits per heavy atom. The highest BCUT2D eigenvalue weighted by Crippen LogP contribution is 2.47. The SMILES string of the molecule is CC(C)Cn1ncnc1CC(C)(CCl)C1CC1. The summed E-state index contributed by atoms with van der Waals surface area (Å²) < 4.78 is 2.04. The fraction of sp³-hybridized carbons (Fsp3) is 0.846. The number of hydrogen-bond donors (Lipinski definition) is 0. The Morgan fingerprint density at radius 2 is 2.24 bits per heavy atom. The van der Waals surface area contributed by atoms with Crippen molar-refractivity contribution in [3.63, 3.8) is 0 Å². The topological polar surface area (TPSA) is 30.7 Å². The smallest absolute Gasteiger partial charge is 0.138 e. The van der Waals surface area contributed by atoms with Crippen molar-refractivity contribution in [2.24, 2.45) is 17.3 Å². The average Bonchev–Trinajstić information content (AvgIpc) is 3.04. The van der Waals surface area contributed by atoms with Gasteiger partial charge in [-0.3, -0.25) is 0 Å². The van der Waals surface area contributed by atoms with E-state index in [4.69, 9.17) is 11.6 Å². The van der Waals surface area contributed by atoms with E-state index < -0.39 is 0 Å². The zero-order valence-electron chi connectivity index (χ0n) is 11.0. The van der Waals surface area contributed by atoms with Crippen LogP contribution >= 0.6 is 11.6 Å². The lowest BCUT2D eigenvalue weighted by atomic mass is 9.83. The molecule has 1 fully saturated rings. The number of aromatic nitrogens is 3. The molecule has 0 aromatic carbocycles. The molecule has 0 spiro atoms. The molecule has 0 saturated heterocycles. The maximum Gasteiger partial charge on any atom is 0.138 e. The van der Waals surface area contributed by atoms with Gasteiger partial charge >= 0.3 is 0 Å². The fourth-order valence-electron chi connectivity index (χ4n) is 2.37. The van der Waals surface area contributed by atoms with Crippen molar-refractivity contribution in [3.8, 4) is 0 Å². The van der Waals surface area contributed by atoms with Gasteiger partial charge in [-0.05, 0) is 30.1 Å². The molecular weight excluding hydrogens is 234 g/mol. The van der Waals surface area contributed by atoms with E-state index in [2.05, 4.69) is 30.9 Å². The number of rotatable bonds is 6. The molecule has 4 heteroatoms. The maximum absolute atomic E-state index is 6.16. The molecule has 0 radical (unpaired) electrons. The first-order valence-corrected chi connectivity index (χ1v) is 7.01. The third-order valence-corrected chi connectivity index (χ3v) is 4.27. The van der Waals surface area contributed by atoms with Crippen LogP contribution < -0.4 is 0 Å².